The van der Waals surface area contributed by atoms with E-state index in [-0.39, 0.29) is 12.4 Å². The van der Waals surface area contributed by atoms with E-state index in [1.807, 2.05) is 0 Å². The average Bonchev–Trinajstić information content (AvgIpc) is 3.56. The smallest absolute Gasteiger partial charge is 0.0834 e. The topological polar surface area (TPSA) is 33.7 Å². The largest absolute Gasteiger partial charge is 0.370 e. The fraction of sp³-hybridized carbons (Fsp3) is 0.310. The monoisotopic (exact) mass is 540 g/mol. The molecule has 0 bridgehead atoms. The van der Waals surface area contributed by atoms with Crippen LogP contribution in [0.15, 0.2) is 95.7 Å². The van der Waals surface area contributed by atoms with Crippen LogP contribution >= 0.6 is 35.1 Å². The summed E-state index contributed by atoms with van der Waals surface area (Å²) in [7, 11) is 0. The highest BCUT2D eigenvalue weighted by molar-refractivity contribution is 7.10. The van der Waals surface area contributed by atoms with Gasteiger partial charge in [0.25, 0.3) is 0 Å². The number of halogens is 1. The summed E-state index contributed by atoms with van der Waals surface area (Å²) in [6.45, 7) is 5.53. The molecule has 4 aromatic rings. The maximum atomic E-state index is 6.04. The summed E-state index contributed by atoms with van der Waals surface area (Å²) in [5.41, 5.74) is 2.70. The van der Waals surface area contributed by atoms with Crippen molar-refractivity contribution in [2.24, 2.45) is 0 Å². The predicted octanol–water partition coefficient (Wildman–Crippen LogP) is 6.40. The normalized spacial score (nSPS) is 15.9. The van der Waals surface area contributed by atoms with Crippen LogP contribution in [0.2, 0.25) is 0 Å². The quantitative estimate of drug-likeness (QED) is 0.266. The van der Waals surface area contributed by atoms with Crippen LogP contribution in [0.25, 0.3) is 0 Å². The molecule has 0 amide bonds. The Bertz CT molecular complexity index is 1060. The number of nitrogens with zero attached hydrogens (tertiary/aromatic N) is 1. The molecule has 0 spiro atoms. The van der Waals surface area contributed by atoms with Crippen LogP contribution in [-0.2, 0) is 22.7 Å². The Morgan fingerprint density at radius 1 is 0.694 bits per heavy atom. The zero-order chi connectivity index (χ0) is 23.7. The van der Waals surface area contributed by atoms with Gasteiger partial charge in [0.05, 0.1) is 31.5 Å². The molecule has 190 valence electrons. The van der Waals surface area contributed by atoms with E-state index in [1.165, 1.54) is 20.9 Å². The molecule has 6 rings (SSSR count). The Hall–Kier alpha value is -2.03. The van der Waals surface area contributed by atoms with Crippen LogP contribution < -0.4 is 5.32 Å². The van der Waals surface area contributed by atoms with Gasteiger partial charge in [-0.3, -0.25) is 4.90 Å². The number of likely N-dealkylation sites (tertiary alicyclic amines) is 1. The number of hydrogen-bond donors (Lipinski definition) is 1. The molecule has 0 unspecified atom stereocenters. The molecule has 4 nitrogen and oxygen atoms in total. The molecule has 2 saturated heterocycles. The fourth-order valence-electron chi connectivity index (χ4n) is 4.24. The van der Waals surface area contributed by atoms with Crippen LogP contribution in [0.1, 0.15) is 26.9 Å². The molecule has 1 N–H and O–H groups in total. The average molecular weight is 541 g/mol. The molecule has 2 fully saturated rings. The van der Waals surface area contributed by atoms with Gasteiger partial charge in [-0.05, 0) is 34.0 Å². The zero-order valence-electron chi connectivity index (χ0n) is 20.2. The number of ether oxygens (including phenoxy) is 2. The minimum atomic E-state index is 0. The summed E-state index contributed by atoms with van der Waals surface area (Å²) >= 11 is 3.52. The number of nitrogens with one attached hydrogen (secondary N) is 1. The van der Waals surface area contributed by atoms with E-state index in [1.54, 1.807) is 22.7 Å². The molecular formula is C29H33ClN2O2S2. The van der Waals surface area contributed by atoms with Crippen molar-refractivity contribution in [2.75, 3.05) is 26.2 Å². The molecule has 2 aromatic carbocycles. The summed E-state index contributed by atoms with van der Waals surface area (Å²) in [6, 6.07) is 30.2. The SMILES string of the molecule is Cl.c1ccc(C(c2ccccc2)N2CC(OCc3cccs3)C2)cc1.c1csc(COC2CNC2)c1. The van der Waals surface area contributed by atoms with E-state index in [0.717, 1.165) is 39.4 Å². The molecular weight excluding hydrogens is 508 g/mol. The molecule has 2 aromatic heterocycles. The summed E-state index contributed by atoms with van der Waals surface area (Å²) in [5.74, 6) is 0. The van der Waals surface area contributed by atoms with E-state index in [9.17, 15) is 0 Å². The second kappa shape index (κ2) is 14.1. The van der Waals surface area contributed by atoms with E-state index >= 15 is 0 Å². The summed E-state index contributed by atoms with van der Waals surface area (Å²) in [4.78, 5) is 5.12. The van der Waals surface area contributed by atoms with Crippen LogP contribution in [-0.4, -0.2) is 43.3 Å². The first kappa shape index (κ1) is 27.0. The first-order valence-corrected chi connectivity index (χ1v) is 13.9. The van der Waals surface area contributed by atoms with Gasteiger partial charge >= 0.3 is 0 Å². The van der Waals surface area contributed by atoms with Crippen molar-refractivity contribution >= 4 is 35.1 Å². The molecule has 0 atom stereocenters. The fourth-order valence-corrected chi connectivity index (χ4v) is 5.49. The van der Waals surface area contributed by atoms with Crippen molar-refractivity contribution in [3.05, 3.63) is 117 Å². The van der Waals surface area contributed by atoms with Crippen LogP contribution in [0.5, 0.6) is 0 Å². The minimum absolute atomic E-state index is 0. The number of rotatable bonds is 9. The summed E-state index contributed by atoms with van der Waals surface area (Å²) in [6.07, 6.45) is 0.791. The maximum Gasteiger partial charge on any atom is 0.0834 e. The molecule has 0 saturated carbocycles. The van der Waals surface area contributed by atoms with Crippen molar-refractivity contribution in [3.63, 3.8) is 0 Å². The van der Waals surface area contributed by atoms with Crippen LogP contribution in [0, 0.1) is 0 Å². The zero-order valence-corrected chi connectivity index (χ0v) is 22.7. The molecule has 0 aliphatic carbocycles. The molecule has 2 aliphatic rings. The van der Waals surface area contributed by atoms with Crippen LogP contribution in [0.3, 0.4) is 0 Å². The molecule has 7 heteroatoms. The standard InChI is InChI=1S/C21H21NOS.C8H11NOS.ClH/c1-3-8-17(9-4-1)21(18-10-5-2-6-11-18)22-14-19(15-22)23-16-20-12-7-13-24-20;1-2-8(11-3-1)6-10-7-4-9-5-7;/h1-13,19,21H,14-16H2;1-3,7,9H,4-6H2;1H. The molecule has 2 aliphatic heterocycles. The van der Waals surface area contributed by atoms with E-state index in [0.29, 0.717) is 18.2 Å². The van der Waals surface area contributed by atoms with Crippen molar-refractivity contribution in [3.8, 4) is 0 Å². The second-order valence-corrected chi connectivity index (χ2v) is 10.9. The van der Waals surface area contributed by atoms with Gasteiger partial charge in [0, 0.05) is 35.9 Å². The highest BCUT2D eigenvalue weighted by Gasteiger charge is 2.34. The van der Waals surface area contributed by atoms with Crippen molar-refractivity contribution < 1.29 is 9.47 Å². The van der Waals surface area contributed by atoms with Gasteiger partial charge in [0.2, 0.25) is 0 Å². The Morgan fingerprint density at radius 3 is 1.61 bits per heavy atom. The number of benzene rings is 2. The van der Waals surface area contributed by atoms with Gasteiger partial charge < -0.3 is 14.8 Å². The molecule has 0 radical (unpaired) electrons. The van der Waals surface area contributed by atoms with Gasteiger partial charge in [-0.15, -0.1) is 35.1 Å². The van der Waals surface area contributed by atoms with Crippen LogP contribution in [0.4, 0.5) is 0 Å². The van der Waals surface area contributed by atoms with E-state index < -0.39 is 0 Å². The third-order valence-electron chi connectivity index (χ3n) is 6.30. The third-order valence-corrected chi connectivity index (χ3v) is 8.00. The lowest BCUT2D eigenvalue weighted by atomic mass is 9.94. The summed E-state index contributed by atoms with van der Waals surface area (Å²) < 4.78 is 11.6. The van der Waals surface area contributed by atoms with Gasteiger partial charge in [0.1, 0.15) is 0 Å². The molecule has 4 heterocycles. The minimum Gasteiger partial charge on any atom is -0.370 e. The second-order valence-electron chi connectivity index (χ2n) is 8.86. The van der Waals surface area contributed by atoms with Gasteiger partial charge in [0.15, 0.2) is 0 Å². The lowest BCUT2D eigenvalue weighted by Gasteiger charge is -2.44. The van der Waals surface area contributed by atoms with E-state index in [4.69, 9.17) is 9.47 Å². The third kappa shape index (κ3) is 7.49. The highest BCUT2D eigenvalue weighted by atomic mass is 35.5. The van der Waals surface area contributed by atoms with Crippen molar-refractivity contribution in [1.82, 2.24) is 10.2 Å². The van der Waals surface area contributed by atoms with Gasteiger partial charge in [-0.1, -0.05) is 72.8 Å². The van der Waals surface area contributed by atoms with E-state index in [2.05, 4.69) is 106 Å². The first-order chi connectivity index (χ1) is 17.3. The lowest BCUT2D eigenvalue weighted by Crippen LogP contribution is -2.53. The number of thiophene rings is 2. The predicted molar refractivity (Wildman–Crippen MR) is 152 cm³/mol. The summed E-state index contributed by atoms with van der Waals surface area (Å²) in [5, 5.41) is 7.35. The maximum absolute atomic E-state index is 6.04. The lowest BCUT2D eigenvalue weighted by molar-refractivity contribution is -0.0733. The first-order valence-electron chi connectivity index (χ1n) is 12.2. The Balaban J connectivity index is 0.000000213. The van der Waals surface area contributed by atoms with Crippen molar-refractivity contribution in [2.45, 2.75) is 31.5 Å². The van der Waals surface area contributed by atoms with Gasteiger partial charge in [-0.2, -0.15) is 0 Å². The number of hydrogen-bond acceptors (Lipinski definition) is 6. The van der Waals surface area contributed by atoms with Crippen molar-refractivity contribution in [1.29, 1.82) is 0 Å². The highest BCUT2D eigenvalue weighted by Crippen LogP contribution is 2.33. The Kier molecular flexibility index (Phi) is 10.5. The molecule has 36 heavy (non-hydrogen) atoms. The van der Waals surface area contributed by atoms with Gasteiger partial charge in [-0.25, -0.2) is 0 Å². The Labute approximate surface area is 228 Å². The Morgan fingerprint density at radius 2 is 1.19 bits per heavy atom.